The van der Waals surface area contributed by atoms with E-state index in [1.54, 1.807) is 30.1 Å². The third-order valence-electron chi connectivity index (χ3n) is 3.30. The van der Waals surface area contributed by atoms with Gasteiger partial charge in [-0.25, -0.2) is 14.5 Å². The van der Waals surface area contributed by atoms with Crippen LogP contribution in [0.1, 0.15) is 5.69 Å². The Balaban J connectivity index is 2.00. The molecule has 22 heavy (non-hydrogen) atoms. The number of hydrogen-bond donors (Lipinski definition) is 0. The minimum absolute atomic E-state index is 0.135. The number of imidazole rings is 1. The van der Waals surface area contributed by atoms with Crippen molar-refractivity contribution in [3.05, 3.63) is 46.0 Å². The largest absolute Gasteiger partial charge is 0.493 e. The molecule has 0 aliphatic carbocycles. The molecule has 0 spiro atoms. The molecule has 0 fully saturated rings. The van der Waals surface area contributed by atoms with E-state index < -0.39 is 0 Å². The van der Waals surface area contributed by atoms with Gasteiger partial charge in [0, 0.05) is 23.7 Å². The van der Waals surface area contributed by atoms with Crippen LogP contribution >= 0.6 is 11.3 Å². The summed E-state index contributed by atoms with van der Waals surface area (Å²) in [6.45, 7) is 1.89. The summed E-state index contributed by atoms with van der Waals surface area (Å²) in [5.74, 6) is 0.589. The first kappa shape index (κ1) is 13.0. The molecule has 4 rings (SSSR count). The Labute approximate surface area is 128 Å². The number of ether oxygens (including phenoxy) is 1. The van der Waals surface area contributed by atoms with E-state index in [4.69, 9.17) is 4.74 Å². The van der Waals surface area contributed by atoms with E-state index in [-0.39, 0.29) is 5.56 Å². The van der Waals surface area contributed by atoms with Gasteiger partial charge in [0.2, 0.25) is 0 Å². The zero-order valence-corrected chi connectivity index (χ0v) is 12.7. The van der Waals surface area contributed by atoms with Gasteiger partial charge >= 0.3 is 0 Å². The molecular weight excluding hydrogens is 302 g/mol. The first-order valence-electron chi connectivity index (χ1n) is 6.54. The zero-order chi connectivity index (χ0) is 15.3. The molecule has 0 aliphatic heterocycles. The van der Waals surface area contributed by atoms with Crippen molar-refractivity contribution in [1.82, 2.24) is 24.0 Å². The fourth-order valence-corrected chi connectivity index (χ4v) is 3.03. The Morgan fingerprint density at radius 2 is 2.09 bits per heavy atom. The van der Waals surface area contributed by atoms with E-state index in [9.17, 15) is 4.79 Å². The molecule has 110 valence electrons. The number of nitrogens with zero attached hydrogens (tertiary/aromatic N) is 5. The number of hydrogen-bond acceptors (Lipinski definition) is 6. The molecular formula is C14H11N5O2S. The van der Waals surface area contributed by atoms with Gasteiger partial charge in [-0.1, -0.05) is 0 Å². The highest BCUT2D eigenvalue weighted by Crippen LogP contribution is 2.24. The summed E-state index contributed by atoms with van der Waals surface area (Å²) in [6.07, 6.45) is 3.51. The predicted octanol–water partition coefficient (Wildman–Crippen LogP) is 1.78. The SMILES string of the molecule is COc1cc(-c2cc(=O)n3ccsc3n2)nn2cc(C)nc12. The molecule has 0 atom stereocenters. The summed E-state index contributed by atoms with van der Waals surface area (Å²) in [5.41, 5.74) is 2.42. The lowest BCUT2D eigenvalue weighted by atomic mass is 10.2. The molecule has 0 N–H and O–H groups in total. The maximum absolute atomic E-state index is 12.1. The Bertz CT molecular complexity index is 1060. The molecule has 0 unspecified atom stereocenters. The Morgan fingerprint density at radius 1 is 1.23 bits per heavy atom. The van der Waals surface area contributed by atoms with Crippen LogP contribution in [0.2, 0.25) is 0 Å². The summed E-state index contributed by atoms with van der Waals surface area (Å²) < 4.78 is 8.52. The molecule has 0 aromatic carbocycles. The smallest absolute Gasteiger partial charge is 0.259 e. The van der Waals surface area contributed by atoms with Gasteiger partial charge < -0.3 is 4.74 Å². The van der Waals surface area contributed by atoms with Crippen molar-refractivity contribution < 1.29 is 4.74 Å². The minimum Gasteiger partial charge on any atom is -0.493 e. The van der Waals surface area contributed by atoms with Gasteiger partial charge in [0.05, 0.1) is 24.7 Å². The van der Waals surface area contributed by atoms with Gasteiger partial charge in [-0.3, -0.25) is 9.20 Å². The third-order valence-corrected chi connectivity index (χ3v) is 4.05. The molecule has 0 bridgehead atoms. The minimum atomic E-state index is -0.135. The second-order valence-corrected chi connectivity index (χ2v) is 5.66. The number of aromatic nitrogens is 5. The summed E-state index contributed by atoms with van der Waals surface area (Å²) in [6, 6.07) is 3.21. The van der Waals surface area contributed by atoms with Gasteiger partial charge in [-0.05, 0) is 6.92 Å². The molecule has 4 aromatic heterocycles. The number of fused-ring (bicyclic) bond motifs is 2. The molecule has 0 radical (unpaired) electrons. The van der Waals surface area contributed by atoms with Crippen LogP contribution in [0.25, 0.3) is 22.0 Å². The van der Waals surface area contributed by atoms with Crippen LogP contribution in [-0.4, -0.2) is 31.1 Å². The first-order chi connectivity index (χ1) is 10.7. The fraction of sp³-hybridized carbons (Fsp3) is 0.143. The monoisotopic (exact) mass is 313 g/mol. The van der Waals surface area contributed by atoms with E-state index in [0.717, 1.165) is 5.69 Å². The van der Waals surface area contributed by atoms with E-state index in [0.29, 0.717) is 27.7 Å². The van der Waals surface area contributed by atoms with Gasteiger partial charge in [-0.2, -0.15) is 5.10 Å². The highest BCUT2D eigenvalue weighted by Gasteiger charge is 2.13. The average molecular weight is 313 g/mol. The second-order valence-electron chi connectivity index (χ2n) is 4.78. The Kier molecular flexibility index (Phi) is 2.73. The standard InChI is InChI=1S/C14H11N5O2S/c1-8-7-19-13(15-8)11(21-2)5-10(17-19)9-6-12(20)18-3-4-22-14(18)16-9/h3-7H,1-2H3. The van der Waals surface area contributed by atoms with Crippen molar-refractivity contribution in [1.29, 1.82) is 0 Å². The van der Waals surface area contributed by atoms with E-state index in [1.807, 2.05) is 12.3 Å². The lowest BCUT2D eigenvalue weighted by Gasteiger charge is -2.05. The molecule has 0 aliphatic rings. The second kappa shape index (κ2) is 4.63. The lowest BCUT2D eigenvalue weighted by molar-refractivity contribution is 0.416. The topological polar surface area (TPSA) is 73.8 Å². The van der Waals surface area contributed by atoms with Crippen molar-refractivity contribution in [2.24, 2.45) is 0 Å². The molecule has 8 heteroatoms. The van der Waals surface area contributed by atoms with E-state index in [1.165, 1.54) is 21.8 Å². The Hall–Kier alpha value is -2.74. The van der Waals surface area contributed by atoms with Crippen molar-refractivity contribution in [3.8, 4) is 17.1 Å². The van der Waals surface area contributed by atoms with Crippen molar-refractivity contribution in [2.45, 2.75) is 6.92 Å². The van der Waals surface area contributed by atoms with Gasteiger partial charge in [-0.15, -0.1) is 11.3 Å². The molecule has 4 aromatic rings. The van der Waals surface area contributed by atoms with Crippen LogP contribution in [0.5, 0.6) is 5.75 Å². The Morgan fingerprint density at radius 3 is 2.91 bits per heavy atom. The maximum Gasteiger partial charge on any atom is 0.259 e. The fourth-order valence-electron chi connectivity index (χ4n) is 2.31. The number of rotatable bonds is 2. The van der Waals surface area contributed by atoms with Crippen LogP contribution in [-0.2, 0) is 0 Å². The summed E-state index contributed by atoms with van der Waals surface area (Å²) in [5, 5.41) is 6.30. The van der Waals surface area contributed by atoms with Gasteiger partial charge in [0.15, 0.2) is 16.4 Å². The molecule has 0 saturated heterocycles. The first-order valence-corrected chi connectivity index (χ1v) is 7.42. The van der Waals surface area contributed by atoms with Crippen molar-refractivity contribution in [2.75, 3.05) is 7.11 Å². The quantitative estimate of drug-likeness (QED) is 0.564. The maximum atomic E-state index is 12.1. The van der Waals surface area contributed by atoms with E-state index >= 15 is 0 Å². The zero-order valence-electron chi connectivity index (χ0n) is 11.8. The highest BCUT2D eigenvalue weighted by atomic mass is 32.1. The molecule has 0 saturated carbocycles. The van der Waals surface area contributed by atoms with Crippen LogP contribution in [0.4, 0.5) is 0 Å². The van der Waals surface area contributed by atoms with Crippen LogP contribution in [0.3, 0.4) is 0 Å². The number of aryl methyl sites for hydroxylation is 1. The van der Waals surface area contributed by atoms with Gasteiger partial charge in [0.25, 0.3) is 5.56 Å². The van der Waals surface area contributed by atoms with Crippen LogP contribution < -0.4 is 10.3 Å². The average Bonchev–Trinajstić information content (AvgIpc) is 3.11. The third kappa shape index (κ3) is 1.88. The predicted molar refractivity (Wildman–Crippen MR) is 82.6 cm³/mol. The molecule has 4 heterocycles. The number of thiazole rings is 1. The normalized spacial score (nSPS) is 11.4. The van der Waals surface area contributed by atoms with Crippen molar-refractivity contribution in [3.63, 3.8) is 0 Å². The molecule has 7 nitrogen and oxygen atoms in total. The van der Waals surface area contributed by atoms with E-state index in [2.05, 4.69) is 15.1 Å². The molecule has 0 amide bonds. The number of methoxy groups -OCH3 is 1. The van der Waals surface area contributed by atoms with Gasteiger partial charge in [0.1, 0.15) is 5.69 Å². The highest BCUT2D eigenvalue weighted by molar-refractivity contribution is 7.15. The summed E-state index contributed by atoms with van der Waals surface area (Å²) in [7, 11) is 1.58. The lowest BCUT2D eigenvalue weighted by Crippen LogP contribution is -2.12. The van der Waals surface area contributed by atoms with Crippen molar-refractivity contribution >= 4 is 21.9 Å². The van der Waals surface area contributed by atoms with Crippen LogP contribution in [0, 0.1) is 6.92 Å². The summed E-state index contributed by atoms with van der Waals surface area (Å²) in [4.78, 5) is 21.6. The summed E-state index contributed by atoms with van der Waals surface area (Å²) >= 11 is 1.40. The van der Waals surface area contributed by atoms with Crippen LogP contribution in [0.15, 0.2) is 34.7 Å².